The van der Waals surface area contributed by atoms with E-state index in [1.807, 2.05) is 157 Å². The van der Waals surface area contributed by atoms with E-state index >= 15 is 0 Å². The number of aromatic nitrogens is 2. The number of aliphatic carboxylic acids is 1. The monoisotopic (exact) mass is 983 g/mol. The van der Waals surface area contributed by atoms with Gasteiger partial charge in [0.15, 0.2) is 0 Å². The molecule has 2 saturated heterocycles. The maximum atomic E-state index is 12.6. The van der Waals surface area contributed by atoms with Gasteiger partial charge in [-0.1, -0.05) is 74.0 Å². The Morgan fingerprint density at radius 3 is 1.35 bits per heavy atom. The maximum Gasteiger partial charge on any atom is 0.410 e. The molecule has 382 valence electrons. The highest BCUT2D eigenvalue weighted by atomic mass is 16.6. The Hall–Kier alpha value is -7.09. The standard InChI is InChI=1S/C29H34N2O6.C29H36N2O4/c1-19-25(30-27(36-19)21-8-6-5-7-9-21)14-15-35-23-12-10-20(11-13-23)24-18-31(17-22(24)16-26(32)33)28(34)37-29(2,3)4;1-6-21-18-31(28(32)35-29(3,4)5)19-25(21)22-12-14-24(15-13-22)33-17-16-26-20(2)34-27(30-26)23-10-8-7-9-11-23/h5-13,22,24H,14-18H2,1-4H3,(H,32,33);7-15,21,25H,6,16-19H2,1-5H3/t22-,24-;21-,25+/m00/s1. The lowest BCUT2D eigenvalue weighted by Crippen LogP contribution is -2.35. The summed E-state index contributed by atoms with van der Waals surface area (Å²) in [6.07, 6.45) is 1.66. The number of hydrogen-bond donors (Lipinski definition) is 1. The van der Waals surface area contributed by atoms with Gasteiger partial charge in [0.25, 0.3) is 0 Å². The molecule has 4 atom stereocenters. The summed E-state index contributed by atoms with van der Waals surface area (Å²) in [7, 11) is 0. The molecular weight excluding hydrogens is 913 g/mol. The predicted octanol–water partition coefficient (Wildman–Crippen LogP) is 12.3. The lowest BCUT2D eigenvalue weighted by atomic mass is 9.87. The van der Waals surface area contributed by atoms with Gasteiger partial charge in [-0.15, -0.1) is 0 Å². The van der Waals surface area contributed by atoms with Crippen molar-refractivity contribution in [3.63, 3.8) is 0 Å². The van der Waals surface area contributed by atoms with Gasteiger partial charge in [-0.3, -0.25) is 4.79 Å². The molecule has 14 heteroatoms. The Kier molecular flexibility index (Phi) is 17.2. The van der Waals surface area contributed by atoms with Gasteiger partial charge in [0.05, 0.1) is 31.0 Å². The number of oxazole rings is 2. The minimum absolute atomic E-state index is 0.00969. The van der Waals surface area contributed by atoms with Crippen molar-refractivity contribution in [2.24, 2.45) is 11.8 Å². The summed E-state index contributed by atoms with van der Waals surface area (Å²) in [6, 6.07) is 35.6. The third-order valence-corrected chi connectivity index (χ3v) is 12.8. The van der Waals surface area contributed by atoms with Crippen LogP contribution >= 0.6 is 0 Å². The summed E-state index contributed by atoms with van der Waals surface area (Å²) in [5.41, 5.74) is 4.81. The van der Waals surface area contributed by atoms with Crippen LogP contribution in [0.15, 0.2) is 118 Å². The molecule has 8 rings (SSSR count). The Morgan fingerprint density at radius 1 is 0.583 bits per heavy atom. The molecular formula is C58H70N4O10. The number of rotatable bonds is 15. The minimum Gasteiger partial charge on any atom is -0.493 e. The second kappa shape index (κ2) is 23.4. The van der Waals surface area contributed by atoms with Crippen molar-refractivity contribution in [3.05, 3.63) is 143 Å². The fourth-order valence-electron chi connectivity index (χ4n) is 9.18. The number of carbonyl (C=O) groups is 3. The number of likely N-dealkylation sites (tertiary alicyclic amines) is 2. The largest absolute Gasteiger partial charge is 0.493 e. The summed E-state index contributed by atoms with van der Waals surface area (Å²) in [6.45, 7) is 20.3. The van der Waals surface area contributed by atoms with E-state index in [4.69, 9.17) is 27.8 Å². The first-order valence-corrected chi connectivity index (χ1v) is 25.0. The van der Waals surface area contributed by atoms with Crippen LogP contribution in [0.25, 0.3) is 22.9 Å². The van der Waals surface area contributed by atoms with Gasteiger partial charge in [-0.05, 0) is 127 Å². The summed E-state index contributed by atoms with van der Waals surface area (Å²) >= 11 is 0. The number of benzene rings is 4. The molecule has 2 aromatic heterocycles. The van der Waals surface area contributed by atoms with Crippen LogP contribution in [0.2, 0.25) is 0 Å². The van der Waals surface area contributed by atoms with Gasteiger partial charge in [-0.2, -0.15) is 0 Å². The first-order chi connectivity index (χ1) is 34.3. The number of nitrogens with zero attached hydrogens (tertiary/aromatic N) is 4. The van der Waals surface area contributed by atoms with Crippen LogP contribution in [0.1, 0.15) is 107 Å². The van der Waals surface area contributed by atoms with Crippen molar-refractivity contribution >= 4 is 18.2 Å². The van der Waals surface area contributed by atoms with Crippen LogP contribution in [-0.4, -0.2) is 93.6 Å². The molecule has 0 unspecified atom stereocenters. The van der Waals surface area contributed by atoms with Crippen molar-refractivity contribution in [1.82, 2.24) is 19.8 Å². The van der Waals surface area contributed by atoms with Crippen LogP contribution in [0.3, 0.4) is 0 Å². The van der Waals surface area contributed by atoms with Gasteiger partial charge in [-0.25, -0.2) is 19.6 Å². The van der Waals surface area contributed by atoms with Crippen LogP contribution < -0.4 is 9.47 Å². The zero-order valence-electron chi connectivity index (χ0n) is 43.2. The highest BCUT2D eigenvalue weighted by Crippen LogP contribution is 2.38. The number of aryl methyl sites for hydroxylation is 2. The first kappa shape index (κ1) is 52.7. The fourth-order valence-corrected chi connectivity index (χ4v) is 9.18. The molecule has 72 heavy (non-hydrogen) atoms. The molecule has 0 bridgehead atoms. The molecule has 2 aliphatic heterocycles. The van der Waals surface area contributed by atoms with Crippen LogP contribution in [0, 0.1) is 25.7 Å². The van der Waals surface area contributed by atoms with E-state index in [-0.39, 0.29) is 24.3 Å². The molecule has 0 spiro atoms. The molecule has 2 amide bonds. The minimum atomic E-state index is -0.875. The highest BCUT2D eigenvalue weighted by Gasteiger charge is 2.39. The number of carboxylic acids is 1. The number of ether oxygens (including phenoxy) is 4. The Labute approximate surface area is 423 Å². The Balaban J connectivity index is 0.000000212. The Bertz CT molecular complexity index is 2700. The molecule has 4 heterocycles. The number of carboxylic acid groups (broad SMARTS) is 1. The predicted molar refractivity (Wildman–Crippen MR) is 275 cm³/mol. The van der Waals surface area contributed by atoms with Crippen molar-refractivity contribution in [2.75, 3.05) is 39.4 Å². The fraction of sp³-hybridized carbons (Fsp3) is 0.431. The van der Waals surface area contributed by atoms with Gasteiger partial charge >= 0.3 is 18.2 Å². The summed E-state index contributed by atoms with van der Waals surface area (Å²) < 4.78 is 34.7. The maximum absolute atomic E-state index is 12.6. The van der Waals surface area contributed by atoms with Crippen molar-refractivity contribution in [1.29, 1.82) is 0 Å². The van der Waals surface area contributed by atoms with E-state index in [0.29, 0.717) is 75.1 Å². The average Bonchev–Trinajstić information content (AvgIpc) is 4.15. The van der Waals surface area contributed by atoms with Crippen molar-refractivity contribution in [2.45, 2.75) is 111 Å². The van der Waals surface area contributed by atoms with Gasteiger partial charge in [0, 0.05) is 62.0 Å². The topological polar surface area (TPSA) is 167 Å². The second-order valence-electron chi connectivity index (χ2n) is 20.6. The normalized spacial score (nSPS) is 17.8. The van der Waals surface area contributed by atoms with E-state index in [1.165, 1.54) is 5.56 Å². The zero-order chi connectivity index (χ0) is 51.6. The average molecular weight is 983 g/mol. The lowest BCUT2D eigenvalue weighted by Gasteiger charge is -2.24. The van der Waals surface area contributed by atoms with Gasteiger partial charge < -0.3 is 42.7 Å². The third-order valence-electron chi connectivity index (χ3n) is 12.8. The summed E-state index contributed by atoms with van der Waals surface area (Å²) in [4.78, 5) is 49.3. The zero-order valence-corrected chi connectivity index (χ0v) is 43.2. The van der Waals surface area contributed by atoms with Gasteiger partial charge in [0.2, 0.25) is 11.8 Å². The molecule has 2 aliphatic rings. The van der Waals surface area contributed by atoms with Crippen LogP contribution in [0.5, 0.6) is 11.5 Å². The van der Waals surface area contributed by atoms with E-state index in [9.17, 15) is 19.5 Å². The smallest absolute Gasteiger partial charge is 0.410 e. The van der Waals surface area contributed by atoms with E-state index in [2.05, 4.69) is 29.0 Å². The van der Waals surface area contributed by atoms with Crippen LogP contribution in [0.4, 0.5) is 9.59 Å². The lowest BCUT2D eigenvalue weighted by molar-refractivity contribution is -0.138. The quantitative estimate of drug-likeness (QED) is 0.104. The number of carbonyl (C=O) groups excluding carboxylic acids is 2. The molecule has 6 aromatic rings. The number of hydrogen-bond acceptors (Lipinski definition) is 11. The molecule has 0 saturated carbocycles. The SMILES string of the molecule is CC[C@H]1CN(C(=O)OC(C)(C)C)C[C@H]1c1ccc(OCCc2nc(-c3ccccc3)oc2C)cc1.Cc1oc(-c2ccccc2)nc1CCOc1ccc([C@@H]2CN(C(=O)OC(C)(C)C)C[C@@H]2CC(=O)O)cc1. The van der Waals surface area contributed by atoms with E-state index < -0.39 is 23.3 Å². The van der Waals surface area contributed by atoms with Crippen LogP contribution in [-0.2, 0) is 27.1 Å². The van der Waals surface area contributed by atoms with E-state index in [0.717, 1.165) is 58.3 Å². The van der Waals surface area contributed by atoms with Gasteiger partial charge in [0.1, 0.15) is 34.2 Å². The highest BCUT2D eigenvalue weighted by molar-refractivity contribution is 5.71. The molecule has 4 aromatic carbocycles. The second-order valence-corrected chi connectivity index (χ2v) is 20.6. The third kappa shape index (κ3) is 14.5. The molecule has 0 aliphatic carbocycles. The number of amides is 2. The molecule has 0 radical (unpaired) electrons. The molecule has 14 nitrogen and oxygen atoms in total. The van der Waals surface area contributed by atoms with Crippen molar-refractivity contribution in [3.8, 4) is 34.4 Å². The first-order valence-electron chi connectivity index (χ1n) is 25.0. The Morgan fingerprint density at radius 2 is 0.972 bits per heavy atom. The van der Waals surface area contributed by atoms with Crippen molar-refractivity contribution < 1.29 is 47.3 Å². The summed E-state index contributed by atoms with van der Waals surface area (Å²) in [5.74, 6) is 3.95. The van der Waals surface area contributed by atoms with E-state index in [1.54, 1.807) is 4.90 Å². The molecule has 2 fully saturated rings. The molecule has 1 N–H and O–H groups in total. The summed E-state index contributed by atoms with van der Waals surface area (Å²) in [5, 5.41) is 9.40.